The molecule has 3 nitrogen and oxygen atoms in total. The predicted octanol–water partition coefficient (Wildman–Crippen LogP) is 3.41. The Morgan fingerprint density at radius 2 is 2.25 bits per heavy atom. The van der Waals surface area contributed by atoms with Crippen LogP contribution in [0.1, 0.15) is 56.9 Å². The van der Waals surface area contributed by atoms with E-state index < -0.39 is 0 Å². The van der Waals surface area contributed by atoms with Gasteiger partial charge in [-0.3, -0.25) is 0 Å². The van der Waals surface area contributed by atoms with Crippen molar-refractivity contribution in [1.29, 1.82) is 0 Å². The Morgan fingerprint density at radius 1 is 1.44 bits per heavy atom. The SMILES string of the molecule is CCCCC(CC)CC(NC)c1cnns1. The van der Waals surface area contributed by atoms with Crippen LogP contribution in [0.5, 0.6) is 0 Å². The first-order chi connectivity index (χ1) is 7.81. The summed E-state index contributed by atoms with van der Waals surface area (Å²) in [5, 5.41) is 7.29. The van der Waals surface area contributed by atoms with Crippen LogP contribution in [-0.4, -0.2) is 16.6 Å². The molecule has 1 aromatic rings. The van der Waals surface area contributed by atoms with E-state index in [0.717, 1.165) is 5.92 Å². The Morgan fingerprint density at radius 3 is 2.75 bits per heavy atom. The largest absolute Gasteiger partial charge is 0.312 e. The molecule has 2 atom stereocenters. The van der Waals surface area contributed by atoms with Crippen molar-refractivity contribution >= 4 is 11.5 Å². The zero-order valence-corrected chi connectivity index (χ0v) is 11.4. The minimum absolute atomic E-state index is 0.432. The van der Waals surface area contributed by atoms with Crippen LogP contribution in [0.3, 0.4) is 0 Å². The highest BCUT2D eigenvalue weighted by molar-refractivity contribution is 7.05. The molecule has 0 radical (unpaired) electrons. The van der Waals surface area contributed by atoms with Crippen molar-refractivity contribution in [2.24, 2.45) is 5.92 Å². The van der Waals surface area contributed by atoms with Crippen LogP contribution in [-0.2, 0) is 0 Å². The maximum Gasteiger partial charge on any atom is 0.0669 e. The quantitative estimate of drug-likeness (QED) is 0.758. The number of nitrogens with zero attached hydrogens (tertiary/aromatic N) is 2. The number of rotatable bonds is 8. The first-order valence-corrected chi connectivity index (χ1v) is 7.03. The lowest BCUT2D eigenvalue weighted by Gasteiger charge is -2.20. The highest BCUT2D eigenvalue weighted by atomic mass is 32.1. The van der Waals surface area contributed by atoms with Crippen molar-refractivity contribution in [3.8, 4) is 0 Å². The topological polar surface area (TPSA) is 37.8 Å². The molecule has 0 amide bonds. The fraction of sp³-hybridized carbons (Fsp3) is 0.833. The summed E-state index contributed by atoms with van der Waals surface area (Å²) < 4.78 is 3.94. The summed E-state index contributed by atoms with van der Waals surface area (Å²) in [4.78, 5) is 1.26. The minimum Gasteiger partial charge on any atom is -0.312 e. The van der Waals surface area contributed by atoms with Crippen LogP contribution in [0.25, 0.3) is 0 Å². The van der Waals surface area contributed by atoms with E-state index in [9.17, 15) is 0 Å². The number of hydrogen-bond acceptors (Lipinski definition) is 4. The Hall–Kier alpha value is -0.480. The fourth-order valence-electron chi connectivity index (χ4n) is 2.02. The molecule has 1 rings (SSSR count). The maximum absolute atomic E-state index is 3.94. The lowest BCUT2D eigenvalue weighted by atomic mass is 9.92. The normalized spacial score (nSPS) is 14.9. The van der Waals surface area contributed by atoms with Gasteiger partial charge in [0, 0.05) is 6.04 Å². The molecule has 92 valence electrons. The second-order valence-electron chi connectivity index (χ2n) is 4.31. The van der Waals surface area contributed by atoms with Gasteiger partial charge in [0.15, 0.2) is 0 Å². The van der Waals surface area contributed by atoms with Crippen LogP contribution < -0.4 is 5.32 Å². The lowest BCUT2D eigenvalue weighted by molar-refractivity contribution is 0.367. The Kier molecular flexibility index (Phi) is 6.57. The van der Waals surface area contributed by atoms with Gasteiger partial charge in [0.1, 0.15) is 0 Å². The van der Waals surface area contributed by atoms with Crippen LogP contribution in [0.4, 0.5) is 0 Å². The van der Waals surface area contributed by atoms with Gasteiger partial charge >= 0.3 is 0 Å². The van der Waals surface area contributed by atoms with Crippen molar-refractivity contribution in [3.63, 3.8) is 0 Å². The van der Waals surface area contributed by atoms with Crippen LogP contribution in [0.2, 0.25) is 0 Å². The standard InChI is InChI=1S/C12H23N3S/c1-4-6-7-10(5-2)8-11(13-3)12-9-14-15-16-12/h9-11,13H,4-8H2,1-3H3. The molecule has 0 saturated heterocycles. The molecule has 0 fully saturated rings. The number of hydrogen-bond donors (Lipinski definition) is 1. The Balaban J connectivity index is 2.47. The molecule has 1 N–H and O–H groups in total. The average Bonchev–Trinajstić information content (AvgIpc) is 2.83. The summed E-state index contributed by atoms with van der Waals surface area (Å²) in [6.45, 7) is 4.55. The number of aromatic nitrogens is 2. The molecule has 0 saturated carbocycles. The van der Waals surface area contributed by atoms with Gasteiger partial charge in [-0.05, 0) is 30.9 Å². The molecule has 0 aliphatic carbocycles. The van der Waals surface area contributed by atoms with Gasteiger partial charge in [-0.2, -0.15) is 0 Å². The van der Waals surface area contributed by atoms with Crippen molar-refractivity contribution in [1.82, 2.24) is 14.9 Å². The van der Waals surface area contributed by atoms with E-state index in [4.69, 9.17) is 0 Å². The predicted molar refractivity (Wildman–Crippen MR) is 69.6 cm³/mol. The molecule has 4 heteroatoms. The monoisotopic (exact) mass is 241 g/mol. The maximum atomic E-state index is 3.94. The fourth-order valence-corrected chi connectivity index (χ4v) is 2.64. The van der Waals surface area contributed by atoms with E-state index >= 15 is 0 Å². The van der Waals surface area contributed by atoms with Gasteiger partial charge < -0.3 is 5.32 Å². The van der Waals surface area contributed by atoms with Crippen LogP contribution in [0.15, 0.2) is 6.20 Å². The van der Waals surface area contributed by atoms with Gasteiger partial charge in [-0.1, -0.05) is 44.0 Å². The average molecular weight is 241 g/mol. The second-order valence-corrected chi connectivity index (χ2v) is 5.13. The third kappa shape index (κ3) is 4.18. The molecule has 0 bridgehead atoms. The van der Waals surface area contributed by atoms with Crippen molar-refractivity contribution in [2.75, 3.05) is 7.05 Å². The molecule has 1 aromatic heterocycles. The van der Waals surface area contributed by atoms with E-state index in [1.165, 1.54) is 48.5 Å². The van der Waals surface area contributed by atoms with Crippen LogP contribution >= 0.6 is 11.5 Å². The molecular weight excluding hydrogens is 218 g/mol. The third-order valence-electron chi connectivity index (χ3n) is 3.18. The molecule has 16 heavy (non-hydrogen) atoms. The van der Waals surface area contributed by atoms with Crippen molar-refractivity contribution < 1.29 is 0 Å². The first kappa shape index (κ1) is 13.6. The molecule has 0 aliphatic heterocycles. The van der Waals surface area contributed by atoms with Gasteiger partial charge in [-0.15, -0.1) is 5.10 Å². The van der Waals surface area contributed by atoms with Gasteiger partial charge in [0.05, 0.1) is 11.1 Å². The molecule has 0 aromatic carbocycles. The first-order valence-electron chi connectivity index (χ1n) is 6.26. The third-order valence-corrected chi connectivity index (χ3v) is 3.96. The molecule has 2 unspecified atom stereocenters. The van der Waals surface area contributed by atoms with E-state index in [-0.39, 0.29) is 0 Å². The Bertz CT molecular complexity index is 261. The van der Waals surface area contributed by atoms with Crippen LogP contribution in [0, 0.1) is 5.92 Å². The number of nitrogens with one attached hydrogen (secondary N) is 1. The second kappa shape index (κ2) is 7.74. The lowest BCUT2D eigenvalue weighted by Crippen LogP contribution is -2.19. The Labute approximate surface area is 103 Å². The summed E-state index contributed by atoms with van der Waals surface area (Å²) in [5.74, 6) is 0.819. The highest BCUT2D eigenvalue weighted by Crippen LogP contribution is 2.27. The highest BCUT2D eigenvalue weighted by Gasteiger charge is 2.16. The zero-order valence-electron chi connectivity index (χ0n) is 10.6. The minimum atomic E-state index is 0.432. The van der Waals surface area contributed by atoms with E-state index in [1.807, 2.05) is 13.2 Å². The van der Waals surface area contributed by atoms with E-state index in [0.29, 0.717) is 6.04 Å². The van der Waals surface area contributed by atoms with E-state index in [2.05, 4.69) is 28.8 Å². The molecular formula is C12H23N3S. The van der Waals surface area contributed by atoms with Crippen molar-refractivity contribution in [2.45, 2.75) is 52.0 Å². The molecule has 1 heterocycles. The molecule has 0 spiro atoms. The van der Waals surface area contributed by atoms with Gasteiger partial charge in [0.2, 0.25) is 0 Å². The summed E-state index contributed by atoms with van der Waals surface area (Å²) in [7, 11) is 2.02. The van der Waals surface area contributed by atoms with Crippen molar-refractivity contribution in [3.05, 3.63) is 11.1 Å². The van der Waals surface area contributed by atoms with E-state index in [1.54, 1.807) is 0 Å². The smallest absolute Gasteiger partial charge is 0.0669 e. The summed E-state index contributed by atoms with van der Waals surface area (Å²) in [6, 6.07) is 0.432. The summed E-state index contributed by atoms with van der Waals surface area (Å²) in [6.07, 6.45) is 8.34. The molecule has 0 aliphatic rings. The van der Waals surface area contributed by atoms with Gasteiger partial charge in [-0.25, -0.2) is 0 Å². The summed E-state index contributed by atoms with van der Waals surface area (Å²) in [5.41, 5.74) is 0. The zero-order chi connectivity index (χ0) is 11.8. The number of unbranched alkanes of at least 4 members (excludes halogenated alkanes) is 1. The summed E-state index contributed by atoms with van der Waals surface area (Å²) >= 11 is 1.51. The van der Waals surface area contributed by atoms with Gasteiger partial charge in [0.25, 0.3) is 0 Å².